The van der Waals surface area contributed by atoms with Crippen LogP contribution in [0.25, 0.3) is 0 Å². The van der Waals surface area contributed by atoms with Crippen molar-refractivity contribution in [2.45, 2.75) is 232 Å². The predicted octanol–water partition coefficient (Wildman–Crippen LogP) is 19.1. The number of carbonyl (C=O) groups is 2. The fourth-order valence-electron chi connectivity index (χ4n) is 7.15. The molecule has 0 N–H and O–H groups in total. The third-order valence-corrected chi connectivity index (χ3v) is 11.2. The van der Waals surface area contributed by atoms with Gasteiger partial charge in [-0.2, -0.15) is 0 Å². The highest BCUT2D eigenvalue weighted by atomic mass is 16.6. The first-order chi connectivity index (χ1) is 33.6. The maximum atomic E-state index is 12.9. The SMILES string of the molecule is CC/C=C\C/C=C\C/C=C\C/C=C\CCCCCCCOCC(COC(=O)CCCCCC/C=C\C/C=C\C/C=C\C/C=C\CC)OC(=O)CCCCCCCCC/C=C\C/C=C\C/C=C\CC. The van der Waals surface area contributed by atoms with E-state index in [4.69, 9.17) is 14.2 Å². The third-order valence-electron chi connectivity index (χ3n) is 11.2. The van der Waals surface area contributed by atoms with Gasteiger partial charge in [-0.3, -0.25) is 9.59 Å². The Bertz CT molecular complexity index is 1430. The second-order valence-electron chi connectivity index (χ2n) is 17.7. The van der Waals surface area contributed by atoms with Crippen molar-refractivity contribution in [1.82, 2.24) is 0 Å². The summed E-state index contributed by atoms with van der Waals surface area (Å²) in [5.41, 5.74) is 0. The van der Waals surface area contributed by atoms with Gasteiger partial charge in [0.15, 0.2) is 6.10 Å². The standard InChI is InChI=1S/C63H102O5/c1-4-7-10-13-16-19-22-25-28-31-34-37-40-43-46-49-52-55-58-66-59-61(68-63(65)57-54-51-48-45-42-39-36-33-30-27-24-21-18-15-12-9-6-3)60-67-62(64)56-53-50-47-44-41-38-35-32-29-26-23-20-17-14-11-8-5-2/h7-12,16-21,25-30,34-35,37-38,61H,4-6,13-15,22-24,31-33,36,39-60H2,1-3H3/b10-7-,11-8-,12-9-,19-16-,20-17-,21-18-,28-25-,29-26-,30-27-,37-34-,38-35-. The third kappa shape index (κ3) is 54.6. The molecule has 0 saturated carbocycles. The molecule has 5 heteroatoms. The molecule has 0 radical (unpaired) electrons. The fraction of sp³-hybridized carbons (Fsp3) is 0.619. The normalized spacial score (nSPS) is 13.3. The van der Waals surface area contributed by atoms with E-state index in [1.165, 1.54) is 44.9 Å². The van der Waals surface area contributed by atoms with Crippen LogP contribution < -0.4 is 0 Å². The van der Waals surface area contributed by atoms with E-state index < -0.39 is 6.10 Å². The average molecular weight is 940 g/mol. The van der Waals surface area contributed by atoms with Crippen LogP contribution in [-0.2, 0) is 23.8 Å². The Kier molecular flexibility index (Phi) is 54.0. The van der Waals surface area contributed by atoms with Crippen LogP contribution in [0.4, 0.5) is 0 Å². The second-order valence-corrected chi connectivity index (χ2v) is 17.7. The summed E-state index contributed by atoms with van der Waals surface area (Å²) in [6.45, 7) is 7.40. The first-order valence-corrected chi connectivity index (χ1v) is 27.7. The van der Waals surface area contributed by atoms with Crippen molar-refractivity contribution in [2.75, 3.05) is 19.8 Å². The van der Waals surface area contributed by atoms with E-state index in [0.29, 0.717) is 19.4 Å². The summed E-state index contributed by atoms with van der Waals surface area (Å²) in [5.74, 6) is -0.454. The zero-order chi connectivity index (χ0) is 49.2. The quantitative estimate of drug-likeness (QED) is 0.0345. The summed E-state index contributed by atoms with van der Waals surface area (Å²) in [6.07, 6.45) is 81.8. The molecule has 0 saturated heterocycles. The Balaban J connectivity index is 4.41. The van der Waals surface area contributed by atoms with Crippen molar-refractivity contribution < 1.29 is 23.8 Å². The van der Waals surface area contributed by atoms with Crippen molar-refractivity contribution in [2.24, 2.45) is 0 Å². The minimum Gasteiger partial charge on any atom is -0.462 e. The molecule has 0 fully saturated rings. The Morgan fingerprint density at radius 2 is 0.618 bits per heavy atom. The minimum absolute atomic E-state index is 0.0518. The van der Waals surface area contributed by atoms with E-state index in [9.17, 15) is 9.59 Å². The first kappa shape index (κ1) is 64.0. The highest BCUT2D eigenvalue weighted by Crippen LogP contribution is 2.13. The number of rotatable bonds is 49. The molecule has 0 aliphatic carbocycles. The molecule has 384 valence electrons. The van der Waals surface area contributed by atoms with Crippen molar-refractivity contribution in [3.8, 4) is 0 Å². The molecule has 68 heavy (non-hydrogen) atoms. The van der Waals surface area contributed by atoms with Gasteiger partial charge in [-0.05, 0) is 128 Å². The summed E-state index contributed by atoms with van der Waals surface area (Å²) >= 11 is 0. The van der Waals surface area contributed by atoms with Crippen LogP contribution in [0.2, 0.25) is 0 Å². The number of carbonyl (C=O) groups excluding carboxylic acids is 2. The summed E-state index contributed by atoms with van der Waals surface area (Å²) in [7, 11) is 0. The van der Waals surface area contributed by atoms with Crippen LogP contribution in [0.3, 0.4) is 0 Å². The lowest BCUT2D eigenvalue weighted by atomic mass is 10.1. The second kappa shape index (κ2) is 57.4. The van der Waals surface area contributed by atoms with Crippen LogP contribution in [0.5, 0.6) is 0 Å². The lowest BCUT2D eigenvalue weighted by Crippen LogP contribution is -2.30. The van der Waals surface area contributed by atoms with E-state index in [2.05, 4.69) is 154 Å². The van der Waals surface area contributed by atoms with Crippen LogP contribution in [0.15, 0.2) is 134 Å². The molecule has 0 heterocycles. The smallest absolute Gasteiger partial charge is 0.306 e. The molecule has 0 aromatic carbocycles. The topological polar surface area (TPSA) is 61.8 Å². The van der Waals surface area contributed by atoms with Gasteiger partial charge in [-0.25, -0.2) is 0 Å². The molecule has 0 aromatic heterocycles. The van der Waals surface area contributed by atoms with Crippen LogP contribution in [0, 0.1) is 0 Å². The molecule has 0 aliphatic rings. The van der Waals surface area contributed by atoms with Gasteiger partial charge in [0.1, 0.15) is 6.61 Å². The van der Waals surface area contributed by atoms with Crippen LogP contribution in [0.1, 0.15) is 226 Å². The molecule has 0 amide bonds. The van der Waals surface area contributed by atoms with Gasteiger partial charge in [0.2, 0.25) is 0 Å². The van der Waals surface area contributed by atoms with E-state index in [1.54, 1.807) is 0 Å². The van der Waals surface area contributed by atoms with Crippen molar-refractivity contribution in [3.05, 3.63) is 134 Å². The highest BCUT2D eigenvalue weighted by molar-refractivity contribution is 5.70. The van der Waals surface area contributed by atoms with Gasteiger partial charge in [0.25, 0.3) is 0 Å². The van der Waals surface area contributed by atoms with Gasteiger partial charge in [0, 0.05) is 19.4 Å². The van der Waals surface area contributed by atoms with Gasteiger partial charge in [-0.15, -0.1) is 0 Å². The number of esters is 2. The number of allylic oxidation sites excluding steroid dienone is 22. The van der Waals surface area contributed by atoms with Gasteiger partial charge in [-0.1, -0.05) is 219 Å². The van der Waals surface area contributed by atoms with Gasteiger partial charge < -0.3 is 14.2 Å². The maximum Gasteiger partial charge on any atom is 0.306 e. The van der Waals surface area contributed by atoms with Gasteiger partial charge in [0.05, 0.1) is 6.61 Å². The molecule has 1 atom stereocenters. The lowest BCUT2D eigenvalue weighted by molar-refractivity contribution is -0.163. The molecule has 1 unspecified atom stereocenters. The maximum absolute atomic E-state index is 12.9. The predicted molar refractivity (Wildman–Crippen MR) is 297 cm³/mol. The zero-order valence-electron chi connectivity index (χ0n) is 44.1. The molecule has 0 aliphatic heterocycles. The summed E-state index contributed by atoms with van der Waals surface area (Å²) < 4.78 is 17.4. The van der Waals surface area contributed by atoms with E-state index in [0.717, 1.165) is 148 Å². The number of ether oxygens (including phenoxy) is 3. The number of hydrogen-bond donors (Lipinski definition) is 0. The Morgan fingerprint density at radius 1 is 0.324 bits per heavy atom. The number of unbranched alkanes of at least 4 members (excludes halogenated alkanes) is 16. The molecule has 0 aromatic rings. The largest absolute Gasteiger partial charge is 0.462 e. The summed E-state index contributed by atoms with van der Waals surface area (Å²) in [4.78, 5) is 25.5. The van der Waals surface area contributed by atoms with E-state index >= 15 is 0 Å². The molecule has 5 nitrogen and oxygen atoms in total. The van der Waals surface area contributed by atoms with Crippen LogP contribution >= 0.6 is 0 Å². The Hall–Kier alpha value is -3.96. The van der Waals surface area contributed by atoms with Crippen molar-refractivity contribution in [3.63, 3.8) is 0 Å². The summed E-state index contributed by atoms with van der Waals surface area (Å²) in [6, 6.07) is 0. The van der Waals surface area contributed by atoms with Gasteiger partial charge >= 0.3 is 11.9 Å². The molecular formula is C63H102O5. The molecule has 0 spiro atoms. The zero-order valence-corrected chi connectivity index (χ0v) is 44.1. The average Bonchev–Trinajstić information content (AvgIpc) is 3.34. The Labute approximate surface area is 419 Å². The minimum atomic E-state index is -0.573. The fourth-order valence-corrected chi connectivity index (χ4v) is 7.15. The van der Waals surface area contributed by atoms with Crippen LogP contribution in [-0.4, -0.2) is 37.9 Å². The molecule has 0 bridgehead atoms. The van der Waals surface area contributed by atoms with Crippen molar-refractivity contribution in [1.29, 1.82) is 0 Å². The van der Waals surface area contributed by atoms with E-state index in [-0.39, 0.29) is 25.2 Å². The monoisotopic (exact) mass is 939 g/mol. The first-order valence-electron chi connectivity index (χ1n) is 27.7. The molecule has 0 rings (SSSR count). The lowest BCUT2D eigenvalue weighted by Gasteiger charge is -2.18. The Morgan fingerprint density at radius 3 is 0.985 bits per heavy atom. The molecular weight excluding hydrogens is 837 g/mol. The van der Waals surface area contributed by atoms with Crippen molar-refractivity contribution >= 4 is 11.9 Å². The summed E-state index contributed by atoms with van der Waals surface area (Å²) in [5, 5.41) is 0. The highest BCUT2D eigenvalue weighted by Gasteiger charge is 2.17. The van der Waals surface area contributed by atoms with E-state index in [1.807, 2.05) is 0 Å². The number of hydrogen-bond acceptors (Lipinski definition) is 5.